The lowest BCUT2D eigenvalue weighted by Gasteiger charge is -2.18. The second kappa shape index (κ2) is 6.33. The van der Waals surface area contributed by atoms with Crippen molar-refractivity contribution < 1.29 is 4.42 Å². The monoisotopic (exact) mass is 245 g/mol. The van der Waals surface area contributed by atoms with E-state index in [0.29, 0.717) is 6.54 Å². The van der Waals surface area contributed by atoms with E-state index in [4.69, 9.17) is 10.2 Å². The molecular formula is C14H19N3O. The van der Waals surface area contributed by atoms with Crippen molar-refractivity contribution in [2.75, 3.05) is 6.54 Å². The average molecular weight is 245 g/mol. The molecule has 0 aliphatic carbocycles. The summed E-state index contributed by atoms with van der Waals surface area (Å²) in [6.07, 6.45) is 3.55. The maximum absolute atomic E-state index is 5.55. The molecular weight excluding hydrogens is 226 g/mol. The number of nitrogens with two attached hydrogens (primary N) is 1. The van der Waals surface area contributed by atoms with Gasteiger partial charge in [0.2, 0.25) is 0 Å². The first kappa shape index (κ1) is 12.8. The molecule has 0 aliphatic rings. The van der Waals surface area contributed by atoms with Crippen LogP contribution in [0.15, 0.2) is 41.1 Å². The van der Waals surface area contributed by atoms with Gasteiger partial charge in [-0.2, -0.15) is 0 Å². The molecule has 0 fully saturated rings. The van der Waals surface area contributed by atoms with Crippen molar-refractivity contribution in [3.8, 4) is 0 Å². The van der Waals surface area contributed by atoms with E-state index < -0.39 is 0 Å². The van der Waals surface area contributed by atoms with E-state index in [-0.39, 0.29) is 0 Å². The van der Waals surface area contributed by atoms with Crippen LogP contribution >= 0.6 is 0 Å². The largest absolute Gasteiger partial charge is 0.468 e. The minimum absolute atomic E-state index is 0.539. The summed E-state index contributed by atoms with van der Waals surface area (Å²) in [6.45, 7) is 5.27. The third kappa shape index (κ3) is 3.42. The highest BCUT2D eigenvalue weighted by atomic mass is 16.3. The molecule has 0 aliphatic heterocycles. The molecule has 0 bridgehead atoms. The normalized spacial score (nSPS) is 11.1. The van der Waals surface area contributed by atoms with E-state index >= 15 is 0 Å². The number of nitrogens with zero attached hydrogens (tertiary/aromatic N) is 2. The van der Waals surface area contributed by atoms with Gasteiger partial charge in [-0.1, -0.05) is 13.0 Å². The summed E-state index contributed by atoms with van der Waals surface area (Å²) in [5.74, 6) is 0.982. The first-order chi connectivity index (χ1) is 8.81. The molecule has 0 atom stereocenters. The van der Waals surface area contributed by atoms with Crippen molar-refractivity contribution in [3.05, 3.63) is 53.7 Å². The van der Waals surface area contributed by atoms with Crippen molar-refractivity contribution in [2.24, 2.45) is 5.73 Å². The van der Waals surface area contributed by atoms with Crippen LogP contribution in [0.3, 0.4) is 0 Å². The zero-order valence-electron chi connectivity index (χ0n) is 10.7. The minimum atomic E-state index is 0.539. The predicted molar refractivity (Wildman–Crippen MR) is 70.6 cm³/mol. The first-order valence-corrected chi connectivity index (χ1v) is 6.20. The lowest BCUT2D eigenvalue weighted by Crippen LogP contribution is -2.22. The molecule has 0 aromatic carbocycles. The molecule has 2 aromatic rings. The van der Waals surface area contributed by atoms with Crippen LogP contribution in [0.25, 0.3) is 0 Å². The number of aromatic nitrogens is 1. The Balaban J connectivity index is 1.96. The second-order valence-corrected chi connectivity index (χ2v) is 4.24. The second-order valence-electron chi connectivity index (χ2n) is 4.24. The molecule has 0 unspecified atom stereocenters. The molecule has 0 spiro atoms. The number of hydrogen-bond donors (Lipinski definition) is 1. The standard InChI is InChI=1S/C14H19N3O/c1-2-17(11-14-4-3-7-18-14)10-13-6-5-12(8-15)9-16-13/h3-7,9H,2,8,10-11,15H2,1H3. The van der Waals surface area contributed by atoms with Crippen molar-refractivity contribution in [2.45, 2.75) is 26.6 Å². The van der Waals surface area contributed by atoms with Crippen LogP contribution in [0.2, 0.25) is 0 Å². The zero-order valence-corrected chi connectivity index (χ0v) is 10.7. The van der Waals surface area contributed by atoms with Gasteiger partial charge in [-0.25, -0.2) is 0 Å². The predicted octanol–water partition coefficient (Wildman–Crippen LogP) is 2.16. The molecule has 0 amide bonds. The van der Waals surface area contributed by atoms with E-state index in [1.54, 1.807) is 6.26 Å². The van der Waals surface area contributed by atoms with Gasteiger partial charge in [-0.3, -0.25) is 9.88 Å². The van der Waals surface area contributed by atoms with Gasteiger partial charge >= 0.3 is 0 Å². The van der Waals surface area contributed by atoms with Gasteiger partial charge in [0.05, 0.1) is 18.5 Å². The molecule has 2 heterocycles. The van der Waals surface area contributed by atoms with Crippen LogP contribution in [0, 0.1) is 0 Å². The summed E-state index contributed by atoms with van der Waals surface area (Å²) in [5.41, 5.74) is 7.67. The fourth-order valence-electron chi connectivity index (χ4n) is 1.80. The Labute approximate surface area is 107 Å². The van der Waals surface area contributed by atoms with Crippen LogP contribution in [0.5, 0.6) is 0 Å². The van der Waals surface area contributed by atoms with Crippen LogP contribution in [-0.2, 0) is 19.6 Å². The summed E-state index contributed by atoms with van der Waals surface area (Å²) >= 11 is 0. The topological polar surface area (TPSA) is 55.3 Å². The van der Waals surface area contributed by atoms with Gasteiger partial charge in [0.15, 0.2) is 0 Å². The fraction of sp³-hybridized carbons (Fsp3) is 0.357. The summed E-state index contributed by atoms with van der Waals surface area (Å²) in [4.78, 5) is 6.70. The molecule has 0 radical (unpaired) electrons. The Kier molecular flexibility index (Phi) is 4.50. The maximum Gasteiger partial charge on any atom is 0.117 e. The quantitative estimate of drug-likeness (QED) is 0.847. The van der Waals surface area contributed by atoms with Crippen LogP contribution in [-0.4, -0.2) is 16.4 Å². The number of pyridine rings is 1. The van der Waals surface area contributed by atoms with Crippen LogP contribution < -0.4 is 5.73 Å². The highest BCUT2D eigenvalue weighted by Gasteiger charge is 2.07. The third-order valence-corrected chi connectivity index (χ3v) is 2.91. The van der Waals surface area contributed by atoms with Crippen molar-refractivity contribution in [1.29, 1.82) is 0 Å². The summed E-state index contributed by atoms with van der Waals surface area (Å²) in [7, 11) is 0. The Morgan fingerprint density at radius 2 is 2.17 bits per heavy atom. The van der Waals surface area contributed by atoms with Gasteiger partial charge in [0.25, 0.3) is 0 Å². The third-order valence-electron chi connectivity index (χ3n) is 2.91. The van der Waals surface area contributed by atoms with Gasteiger partial charge in [0, 0.05) is 19.3 Å². The van der Waals surface area contributed by atoms with Crippen LogP contribution in [0.4, 0.5) is 0 Å². The molecule has 4 heteroatoms. The maximum atomic E-state index is 5.55. The lowest BCUT2D eigenvalue weighted by molar-refractivity contribution is 0.245. The van der Waals surface area contributed by atoms with Crippen LogP contribution in [0.1, 0.15) is 23.9 Å². The molecule has 4 nitrogen and oxygen atoms in total. The fourth-order valence-corrected chi connectivity index (χ4v) is 1.80. The molecule has 0 saturated heterocycles. The van der Waals surface area contributed by atoms with Crippen molar-refractivity contribution >= 4 is 0 Å². The Bertz CT molecular complexity index is 450. The highest BCUT2D eigenvalue weighted by molar-refractivity contribution is 5.13. The van der Waals surface area contributed by atoms with E-state index in [1.807, 2.05) is 30.5 Å². The van der Waals surface area contributed by atoms with Gasteiger partial charge in [0.1, 0.15) is 5.76 Å². The molecule has 96 valence electrons. The van der Waals surface area contributed by atoms with E-state index in [2.05, 4.69) is 16.8 Å². The summed E-state index contributed by atoms with van der Waals surface area (Å²) in [5, 5.41) is 0. The summed E-state index contributed by atoms with van der Waals surface area (Å²) in [6, 6.07) is 7.97. The van der Waals surface area contributed by atoms with E-state index in [0.717, 1.165) is 36.7 Å². The number of furan rings is 1. The molecule has 0 saturated carbocycles. The first-order valence-electron chi connectivity index (χ1n) is 6.20. The smallest absolute Gasteiger partial charge is 0.117 e. The summed E-state index contributed by atoms with van der Waals surface area (Å²) < 4.78 is 5.36. The Morgan fingerprint density at radius 3 is 2.72 bits per heavy atom. The highest BCUT2D eigenvalue weighted by Crippen LogP contribution is 2.09. The van der Waals surface area contributed by atoms with Gasteiger partial charge in [-0.15, -0.1) is 0 Å². The molecule has 2 aromatic heterocycles. The lowest BCUT2D eigenvalue weighted by atomic mass is 10.2. The number of rotatable bonds is 6. The molecule has 18 heavy (non-hydrogen) atoms. The Morgan fingerprint density at radius 1 is 1.28 bits per heavy atom. The zero-order chi connectivity index (χ0) is 12.8. The SMILES string of the molecule is CCN(Cc1ccc(CN)cn1)Cc1ccco1. The van der Waals surface area contributed by atoms with Crippen molar-refractivity contribution in [3.63, 3.8) is 0 Å². The molecule has 2 N–H and O–H groups in total. The van der Waals surface area contributed by atoms with E-state index in [1.165, 1.54) is 0 Å². The van der Waals surface area contributed by atoms with E-state index in [9.17, 15) is 0 Å². The van der Waals surface area contributed by atoms with Gasteiger partial charge in [-0.05, 0) is 30.3 Å². The molecule has 2 rings (SSSR count). The van der Waals surface area contributed by atoms with Crippen molar-refractivity contribution in [1.82, 2.24) is 9.88 Å². The average Bonchev–Trinajstić information content (AvgIpc) is 2.91. The van der Waals surface area contributed by atoms with Gasteiger partial charge < -0.3 is 10.2 Å². The Hall–Kier alpha value is -1.65. The minimum Gasteiger partial charge on any atom is -0.468 e. The number of hydrogen-bond acceptors (Lipinski definition) is 4.